The topological polar surface area (TPSA) is 84.5 Å². The van der Waals surface area contributed by atoms with E-state index in [-0.39, 0.29) is 17.1 Å². The minimum Gasteiger partial charge on any atom is -0.495 e. The highest BCUT2D eigenvalue weighted by Crippen LogP contribution is 2.26. The van der Waals surface area contributed by atoms with Gasteiger partial charge in [0.2, 0.25) is 15.9 Å². The number of carbonyl (C=O) groups excluding carboxylic acids is 1. The van der Waals surface area contributed by atoms with Crippen LogP contribution in [-0.4, -0.2) is 27.5 Å². The van der Waals surface area contributed by atoms with Crippen molar-refractivity contribution in [2.45, 2.75) is 45.1 Å². The molecule has 7 heteroatoms. The Morgan fingerprint density at radius 3 is 2.15 bits per heavy atom. The highest BCUT2D eigenvalue weighted by atomic mass is 32.2. The zero-order chi connectivity index (χ0) is 24.2. The first-order valence-electron chi connectivity index (χ1n) is 10.7. The predicted molar refractivity (Wildman–Crippen MR) is 131 cm³/mol. The van der Waals surface area contributed by atoms with E-state index >= 15 is 0 Å². The molecule has 0 aromatic heterocycles. The van der Waals surface area contributed by atoms with Gasteiger partial charge in [-0.3, -0.25) is 4.79 Å². The number of rotatable bonds is 8. The summed E-state index contributed by atoms with van der Waals surface area (Å²) in [5.41, 5.74) is 5.23. The van der Waals surface area contributed by atoms with E-state index in [0.717, 1.165) is 27.8 Å². The van der Waals surface area contributed by atoms with Crippen LogP contribution in [0.25, 0.3) is 0 Å². The van der Waals surface area contributed by atoms with Crippen LogP contribution in [0.4, 0.5) is 5.69 Å². The summed E-state index contributed by atoms with van der Waals surface area (Å²) >= 11 is 0. The van der Waals surface area contributed by atoms with Crippen molar-refractivity contribution in [1.82, 2.24) is 4.72 Å². The van der Waals surface area contributed by atoms with Gasteiger partial charge in [-0.2, -0.15) is 4.72 Å². The van der Waals surface area contributed by atoms with Gasteiger partial charge in [0.1, 0.15) is 16.7 Å². The van der Waals surface area contributed by atoms with Crippen molar-refractivity contribution in [1.29, 1.82) is 0 Å². The van der Waals surface area contributed by atoms with E-state index in [1.165, 1.54) is 13.2 Å². The van der Waals surface area contributed by atoms with Gasteiger partial charge in [0, 0.05) is 5.69 Å². The normalized spacial score (nSPS) is 12.3. The van der Waals surface area contributed by atoms with E-state index in [2.05, 4.69) is 10.0 Å². The lowest BCUT2D eigenvalue weighted by atomic mass is 10.0. The van der Waals surface area contributed by atoms with E-state index in [0.29, 0.717) is 5.69 Å². The lowest BCUT2D eigenvalue weighted by Crippen LogP contribution is -2.45. The highest BCUT2D eigenvalue weighted by Gasteiger charge is 2.29. The first kappa shape index (κ1) is 24.5. The molecule has 6 nitrogen and oxygen atoms in total. The zero-order valence-electron chi connectivity index (χ0n) is 19.6. The Morgan fingerprint density at radius 1 is 0.909 bits per heavy atom. The quantitative estimate of drug-likeness (QED) is 0.513. The Morgan fingerprint density at radius 2 is 1.55 bits per heavy atom. The fourth-order valence-corrected chi connectivity index (χ4v) is 5.32. The van der Waals surface area contributed by atoms with Gasteiger partial charge in [-0.25, -0.2) is 8.42 Å². The molecule has 0 heterocycles. The number of methoxy groups -OCH3 is 1. The van der Waals surface area contributed by atoms with E-state index in [1.54, 1.807) is 19.1 Å². The molecule has 0 saturated carbocycles. The maximum absolute atomic E-state index is 13.4. The van der Waals surface area contributed by atoms with Gasteiger partial charge in [0.25, 0.3) is 0 Å². The van der Waals surface area contributed by atoms with Gasteiger partial charge in [-0.1, -0.05) is 54.1 Å². The number of hydrogen-bond donors (Lipinski definition) is 2. The summed E-state index contributed by atoms with van der Waals surface area (Å²) in [5.74, 6) is -0.207. The minimum absolute atomic E-state index is 0.00133. The number of carbonyl (C=O) groups is 1. The van der Waals surface area contributed by atoms with Crippen molar-refractivity contribution >= 4 is 21.6 Å². The molecule has 3 rings (SSSR count). The van der Waals surface area contributed by atoms with Crippen LogP contribution in [0.15, 0.2) is 65.6 Å². The summed E-state index contributed by atoms with van der Waals surface area (Å²) < 4.78 is 34.5. The number of anilines is 1. The van der Waals surface area contributed by atoms with Crippen LogP contribution in [0.3, 0.4) is 0 Å². The lowest BCUT2D eigenvalue weighted by molar-refractivity contribution is -0.117. The van der Waals surface area contributed by atoms with Crippen molar-refractivity contribution in [3.8, 4) is 5.75 Å². The molecule has 1 atom stereocenters. The molecule has 0 aliphatic carbocycles. The number of ether oxygens (including phenoxy) is 1. The Bertz CT molecular complexity index is 1230. The van der Waals surface area contributed by atoms with Crippen LogP contribution >= 0.6 is 0 Å². The minimum atomic E-state index is -4.04. The Labute approximate surface area is 196 Å². The fraction of sp³-hybridized carbons (Fsp3) is 0.269. The summed E-state index contributed by atoms with van der Waals surface area (Å²) in [6.07, 6.45) is 0.198. The second kappa shape index (κ2) is 10.2. The van der Waals surface area contributed by atoms with Crippen molar-refractivity contribution in [3.63, 3.8) is 0 Å². The molecule has 0 spiro atoms. The van der Waals surface area contributed by atoms with Gasteiger partial charge in [-0.15, -0.1) is 0 Å². The molecule has 174 valence electrons. The maximum atomic E-state index is 13.4. The largest absolute Gasteiger partial charge is 0.495 e. The Kier molecular flexibility index (Phi) is 7.56. The molecule has 0 unspecified atom stereocenters. The third-order valence-corrected chi connectivity index (χ3v) is 6.92. The summed E-state index contributed by atoms with van der Waals surface area (Å²) in [5, 5.41) is 2.94. The lowest BCUT2D eigenvalue weighted by Gasteiger charge is -2.21. The second-order valence-corrected chi connectivity index (χ2v) is 9.96. The molecule has 2 N–H and O–H groups in total. The Hall–Kier alpha value is -3.16. The van der Waals surface area contributed by atoms with E-state index < -0.39 is 22.0 Å². The number of benzene rings is 3. The third-order valence-electron chi connectivity index (χ3n) is 5.43. The van der Waals surface area contributed by atoms with Crippen molar-refractivity contribution in [2.24, 2.45) is 0 Å². The standard InChI is InChI=1S/C26H30N2O4S/c1-17-11-12-23(32-5)24(15-17)33(30,31)28-22(16-21-9-7-6-8-10-21)26(29)27-25-19(3)13-18(2)14-20(25)4/h6-15,22,28H,16H2,1-5H3,(H,27,29)/t22-/m0/s1. The second-order valence-electron chi connectivity index (χ2n) is 8.28. The summed E-state index contributed by atoms with van der Waals surface area (Å²) in [4.78, 5) is 13.4. The summed E-state index contributed by atoms with van der Waals surface area (Å²) in [7, 11) is -2.63. The molecule has 0 bridgehead atoms. The highest BCUT2D eigenvalue weighted by molar-refractivity contribution is 7.89. The van der Waals surface area contributed by atoms with Crippen LogP contribution in [0.1, 0.15) is 27.8 Å². The first-order valence-corrected chi connectivity index (χ1v) is 12.2. The molecule has 3 aromatic rings. The SMILES string of the molecule is COc1ccc(C)cc1S(=O)(=O)N[C@@H](Cc1ccccc1)C(=O)Nc1c(C)cc(C)cc1C. The van der Waals surface area contributed by atoms with Crippen LogP contribution < -0.4 is 14.8 Å². The fourth-order valence-electron chi connectivity index (χ4n) is 3.87. The Balaban J connectivity index is 1.96. The third kappa shape index (κ3) is 6.00. The van der Waals surface area contributed by atoms with Crippen molar-refractivity contribution in [2.75, 3.05) is 12.4 Å². The summed E-state index contributed by atoms with van der Waals surface area (Å²) in [6, 6.07) is 17.2. The molecule has 0 aliphatic heterocycles. The van der Waals surface area contributed by atoms with Crippen LogP contribution in [0.5, 0.6) is 5.75 Å². The van der Waals surface area contributed by atoms with Crippen molar-refractivity contribution < 1.29 is 17.9 Å². The molecular formula is C26H30N2O4S. The van der Waals surface area contributed by atoms with Gasteiger partial charge in [0.15, 0.2) is 0 Å². The molecule has 0 aliphatic rings. The van der Waals surface area contributed by atoms with Crippen LogP contribution in [-0.2, 0) is 21.2 Å². The van der Waals surface area contributed by atoms with Gasteiger partial charge >= 0.3 is 0 Å². The van der Waals surface area contributed by atoms with Gasteiger partial charge in [0.05, 0.1) is 7.11 Å². The maximum Gasteiger partial charge on any atom is 0.245 e. The molecule has 0 saturated heterocycles. The average molecular weight is 467 g/mol. The van der Waals surface area contributed by atoms with E-state index in [1.807, 2.05) is 63.2 Å². The summed E-state index contributed by atoms with van der Waals surface area (Å²) in [6.45, 7) is 7.63. The molecule has 1 amide bonds. The number of hydrogen-bond acceptors (Lipinski definition) is 4. The van der Waals surface area contributed by atoms with Gasteiger partial charge < -0.3 is 10.1 Å². The average Bonchev–Trinajstić information content (AvgIpc) is 2.76. The monoisotopic (exact) mass is 466 g/mol. The molecule has 3 aromatic carbocycles. The van der Waals surface area contributed by atoms with Crippen molar-refractivity contribution in [3.05, 3.63) is 88.5 Å². The molecule has 33 heavy (non-hydrogen) atoms. The predicted octanol–water partition coefficient (Wildman–Crippen LogP) is 4.46. The number of aryl methyl sites for hydroxylation is 4. The van der Waals surface area contributed by atoms with E-state index in [4.69, 9.17) is 4.74 Å². The number of sulfonamides is 1. The zero-order valence-corrected chi connectivity index (χ0v) is 20.4. The number of nitrogens with one attached hydrogen (secondary N) is 2. The molecule has 0 radical (unpaired) electrons. The number of amides is 1. The van der Waals surface area contributed by atoms with Crippen LogP contribution in [0, 0.1) is 27.7 Å². The molecule has 0 fully saturated rings. The van der Waals surface area contributed by atoms with E-state index in [9.17, 15) is 13.2 Å². The first-order chi connectivity index (χ1) is 15.6. The van der Waals surface area contributed by atoms with Gasteiger partial charge in [-0.05, 0) is 68.5 Å². The smallest absolute Gasteiger partial charge is 0.245 e. The molecular weight excluding hydrogens is 436 g/mol. The van der Waals surface area contributed by atoms with Crippen LogP contribution in [0.2, 0.25) is 0 Å².